The van der Waals surface area contributed by atoms with E-state index in [-0.39, 0.29) is 6.61 Å². The first-order valence-electron chi connectivity index (χ1n) is 4.70. The molecule has 0 radical (unpaired) electrons. The molecule has 0 spiro atoms. The minimum atomic E-state index is -0.860. The van der Waals surface area contributed by atoms with E-state index in [1.54, 1.807) is 13.8 Å². The summed E-state index contributed by atoms with van der Waals surface area (Å²) in [7, 11) is 0. The first kappa shape index (κ1) is 12.9. The van der Waals surface area contributed by atoms with Crippen LogP contribution in [0.5, 0.6) is 0 Å². The standard InChI is InChI=1S/C8H14N4O3S/c1-8(2,6(14)15)5-16-7-9-10-11-12(7)3-4-13/h13H,3-5H2,1-2H3,(H,14,15). The molecule has 8 heteroatoms. The van der Waals surface area contributed by atoms with Crippen LogP contribution >= 0.6 is 11.8 Å². The van der Waals surface area contributed by atoms with E-state index >= 15 is 0 Å². The molecule has 0 aliphatic heterocycles. The Labute approximate surface area is 96.8 Å². The van der Waals surface area contributed by atoms with Crippen molar-refractivity contribution in [3.63, 3.8) is 0 Å². The third-order valence-electron chi connectivity index (χ3n) is 1.95. The molecular formula is C8H14N4O3S. The number of carboxylic acids is 1. The molecule has 0 amide bonds. The number of aromatic nitrogens is 4. The molecule has 0 fully saturated rings. The van der Waals surface area contributed by atoms with E-state index in [1.807, 2.05) is 0 Å². The summed E-state index contributed by atoms with van der Waals surface area (Å²) in [6, 6.07) is 0. The second-order valence-electron chi connectivity index (χ2n) is 3.89. The molecule has 0 aliphatic carbocycles. The average molecular weight is 246 g/mol. The number of aliphatic hydroxyl groups is 1. The predicted molar refractivity (Wildman–Crippen MR) is 57.0 cm³/mol. The van der Waals surface area contributed by atoms with Gasteiger partial charge in [0.25, 0.3) is 0 Å². The number of carbonyl (C=O) groups is 1. The number of thioether (sulfide) groups is 1. The van der Waals surface area contributed by atoms with E-state index in [9.17, 15) is 4.79 Å². The molecule has 0 saturated carbocycles. The number of carboxylic acid groups (broad SMARTS) is 1. The van der Waals surface area contributed by atoms with Gasteiger partial charge in [0.05, 0.1) is 18.6 Å². The summed E-state index contributed by atoms with van der Waals surface area (Å²) in [6.07, 6.45) is 0. The van der Waals surface area contributed by atoms with Gasteiger partial charge in [-0.15, -0.1) is 5.10 Å². The van der Waals surface area contributed by atoms with Gasteiger partial charge < -0.3 is 10.2 Å². The second kappa shape index (κ2) is 5.26. The van der Waals surface area contributed by atoms with Crippen LogP contribution < -0.4 is 0 Å². The Morgan fingerprint density at radius 1 is 1.56 bits per heavy atom. The molecule has 0 unspecified atom stereocenters. The smallest absolute Gasteiger partial charge is 0.309 e. The van der Waals surface area contributed by atoms with Crippen molar-refractivity contribution >= 4 is 17.7 Å². The molecular weight excluding hydrogens is 232 g/mol. The number of aliphatic carboxylic acids is 1. The molecule has 2 N–H and O–H groups in total. The summed E-state index contributed by atoms with van der Waals surface area (Å²) < 4.78 is 1.45. The number of nitrogens with zero attached hydrogens (tertiary/aromatic N) is 4. The minimum Gasteiger partial charge on any atom is -0.481 e. The van der Waals surface area contributed by atoms with Gasteiger partial charge in [-0.05, 0) is 24.3 Å². The summed E-state index contributed by atoms with van der Waals surface area (Å²) in [5.41, 5.74) is -0.833. The molecule has 1 heterocycles. The average Bonchev–Trinajstić information content (AvgIpc) is 2.63. The van der Waals surface area contributed by atoms with Gasteiger partial charge in [0.15, 0.2) is 0 Å². The van der Waals surface area contributed by atoms with Crippen molar-refractivity contribution in [1.82, 2.24) is 20.2 Å². The van der Waals surface area contributed by atoms with Gasteiger partial charge in [0, 0.05) is 5.75 Å². The Morgan fingerprint density at radius 2 is 2.25 bits per heavy atom. The maximum absolute atomic E-state index is 10.9. The molecule has 0 bridgehead atoms. The van der Waals surface area contributed by atoms with E-state index in [0.29, 0.717) is 17.5 Å². The van der Waals surface area contributed by atoms with E-state index in [0.717, 1.165) is 0 Å². The van der Waals surface area contributed by atoms with Crippen LogP contribution in [0.4, 0.5) is 0 Å². The normalized spacial score (nSPS) is 11.7. The van der Waals surface area contributed by atoms with Gasteiger partial charge in [-0.25, -0.2) is 4.68 Å². The zero-order chi connectivity index (χ0) is 12.2. The lowest BCUT2D eigenvalue weighted by Gasteiger charge is -2.17. The van der Waals surface area contributed by atoms with Crippen LogP contribution in [0.2, 0.25) is 0 Å². The van der Waals surface area contributed by atoms with Crippen molar-refractivity contribution in [2.24, 2.45) is 5.41 Å². The van der Waals surface area contributed by atoms with Crippen molar-refractivity contribution in [2.75, 3.05) is 12.4 Å². The van der Waals surface area contributed by atoms with Crippen LogP contribution in [0, 0.1) is 5.41 Å². The Morgan fingerprint density at radius 3 is 2.81 bits per heavy atom. The van der Waals surface area contributed by atoms with Crippen LogP contribution in [-0.4, -0.2) is 48.7 Å². The molecule has 0 atom stereocenters. The van der Waals surface area contributed by atoms with Crippen LogP contribution in [-0.2, 0) is 11.3 Å². The van der Waals surface area contributed by atoms with Crippen molar-refractivity contribution in [3.8, 4) is 0 Å². The van der Waals surface area contributed by atoms with Gasteiger partial charge in [-0.2, -0.15) is 0 Å². The fourth-order valence-electron chi connectivity index (χ4n) is 0.842. The topological polar surface area (TPSA) is 101 Å². The lowest BCUT2D eigenvalue weighted by atomic mass is 9.97. The third-order valence-corrected chi connectivity index (χ3v) is 3.37. The maximum Gasteiger partial charge on any atom is 0.309 e. The Kier molecular flexibility index (Phi) is 4.25. The molecule has 0 aromatic carbocycles. The predicted octanol–water partition coefficient (Wildman–Crippen LogP) is -0.132. The van der Waals surface area contributed by atoms with E-state index in [4.69, 9.17) is 10.2 Å². The van der Waals surface area contributed by atoms with Crippen LogP contribution in [0.1, 0.15) is 13.8 Å². The number of hydrogen-bond donors (Lipinski definition) is 2. The van der Waals surface area contributed by atoms with Gasteiger partial charge in [0.1, 0.15) is 0 Å². The highest BCUT2D eigenvalue weighted by atomic mass is 32.2. The van der Waals surface area contributed by atoms with Crippen molar-refractivity contribution in [1.29, 1.82) is 0 Å². The second-order valence-corrected chi connectivity index (χ2v) is 4.83. The number of aliphatic hydroxyl groups excluding tert-OH is 1. The first-order chi connectivity index (χ1) is 7.47. The van der Waals surface area contributed by atoms with E-state index in [2.05, 4.69) is 15.5 Å². The Hall–Kier alpha value is -1.15. The SMILES string of the molecule is CC(C)(CSc1nnnn1CCO)C(=O)O. The lowest BCUT2D eigenvalue weighted by Crippen LogP contribution is -2.26. The Balaban J connectivity index is 2.60. The lowest BCUT2D eigenvalue weighted by molar-refractivity contribution is -0.145. The molecule has 90 valence electrons. The van der Waals surface area contributed by atoms with Gasteiger partial charge in [-0.3, -0.25) is 4.79 Å². The molecule has 1 aromatic heterocycles. The highest BCUT2D eigenvalue weighted by Crippen LogP contribution is 2.25. The zero-order valence-electron chi connectivity index (χ0n) is 9.12. The highest BCUT2D eigenvalue weighted by Gasteiger charge is 2.28. The minimum absolute atomic E-state index is 0.0546. The van der Waals surface area contributed by atoms with E-state index < -0.39 is 11.4 Å². The first-order valence-corrected chi connectivity index (χ1v) is 5.69. The van der Waals surface area contributed by atoms with Crippen molar-refractivity contribution < 1.29 is 15.0 Å². The third kappa shape index (κ3) is 3.17. The van der Waals surface area contributed by atoms with Gasteiger partial charge in [0.2, 0.25) is 5.16 Å². The molecule has 7 nitrogen and oxygen atoms in total. The van der Waals surface area contributed by atoms with Crippen LogP contribution in [0.3, 0.4) is 0 Å². The van der Waals surface area contributed by atoms with Gasteiger partial charge >= 0.3 is 5.97 Å². The quantitative estimate of drug-likeness (QED) is 0.674. The summed E-state index contributed by atoms with van der Waals surface area (Å²) in [6.45, 7) is 3.54. The summed E-state index contributed by atoms with van der Waals surface area (Å²) in [5.74, 6) is -0.491. The van der Waals surface area contributed by atoms with Crippen LogP contribution in [0.25, 0.3) is 0 Å². The number of hydrogen-bond acceptors (Lipinski definition) is 6. The number of tetrazole rings is 1. The van der Waals surface area contributed by atoms with Gasteiger partial charge in [-0.1, -0.05) is 11.8 Å². The largest absolute Gasteiger partial charge is 0.481 e. The molecule has 0 saturated heterocycles. The van der Waals surface area contributed by atoms with Crippen molar-refractivity contribution in [2.45, 2.75) is 25.5 Å². The summed E-state index contributed by atoms with van der Waals surface area (Å²) in [4.78, 5) is 10.9. The molecule has 1 rings (SSSR count). The molecule has 1 aromatic rings. The monoisotopic (exact) mass is 246 g/mol. The summed E-state index contributed by atoms with van der Waals surface area (Å²) >= 11 is 1.26. The maximum atomic E-state index is 10.9. The molecule has 0 aliphatic rings. The molecule has 16 heavy (non-hydrogen) atoms. The summed E-state index contributed by atoms with van der Waals surface area (Å²) in [5, 5.41) is 29.1. The Bertz CT molecular complexity index is 366. The van der Waals surface area contributed by atoms with Crippen molar-refractivity contribution in [3.05, 3.63) is 0 Å². The number of rotatable bonds is 6. The van der Waals surface area contributed by atoms with Crippen LogP contribution in [0.15, 0.2) is 5.16 Å². The fraction of sp³-hybridized carbons (Fsp3) is 0.750. The zero-order valence-corrected chi connectivity index (χ0v) is 9.94. The van der Waals surface area contributed by atoms with E-state index in [1.165, 1.54) is 16.4 Å². The fourth-order valence-corrected chi connectivity index (χ4v) is 1.83. The highest BCUT2D eigenvalue weighted by molar-refractivity contribution is 7.99.